The second-order valence-electron chi connectivity index (χ2n) is 14.2. The number of benzene rings is 3. The first-order valence-corrected chi connectivity index (χ1v) is 18.6. The van der Waals surface area contributed by atoms with E-state index in [9.17, 15) is 23.4 Å². The van der Waals surface area contributed by atoms with E-state index < -0.39 is 34.2 Å². The molecule has 3 N–H and O–H groups in total. The first-order chi connectivity index (χ1) is 24.5. The molecule has 3 aromatic rings. The maximum atomic E-state index is 11.9. The number of ether oxygens (including phenoxy) is 2. The number of rotatable bonds is 8. The van der Waals surface area contributed by atoms with Crippen LogP contribution in [0.1, 0.15) is 86.1 Å². The monoisotopic (exact) mass is 692 g/mol. The second kappa shape index (κ2) is 13.8. The third kappa shape index (κ3) is 7.23. The van der Waals surface area contributed by atoms with E-state index in [-0.39, 0.29) is 34.2 Å². The minimum Gasteiger partial charge on any atom is -0.508 e. The number of phenols is 2. The lowest BCUT2D eigenvalue weighted by atomic mass is 9.70. The van der Waals surface area contributed by atoms with Crippen molar-refractivity contribution in [3.05, 3.63) is 83.4 Å². The predicted molar refractivity (Wildman–Crippen MR) is 189 cm³/mol. The summed E-state index contributed by atoms with van der Waals surface area (Å²) in [6.07, 6.45) is 5.02. The van der Waals surface area contributed by atoms with Gasteiger partial charge < -0.3 is 19.7 Å². The van der Waals surface area contributed by atoms with Crippen LogP contribution >= 0.6 is 0 Å². The van der Waals surface area contributed by atoms with E-state index in [0.717, 1.165) is 37.4 Å². The maximum absolute atomic E-state index is 11.9. The van der Waals surface area contributed by atoms with Crippen molar-refractivity contribution < 1.29 is 41.6 Å². The summed E-state index contributed by atoms with van der Waals surface area (Å²) in [5, 5.41) is 19.9. The fourth-order valence-electron chi connectivity index (χ4n) is 8.08. The van der Waals surface area contributed by atoms with Crippen molar-refractivity contribution in [3.8, 4) is 23.0 Å². The zero-order chi connectivity index (χ0) is 37.5. The molecule has 3 fully saturated rings. The third-order valence-electron chi connectivity index (χ3n) is 11.1. The molecule has 3 aromatic carbocycles. The summed E-state index contributed by atoms with van der Waals surface area (Å²) in [4.78, 5) is 14.3. The Kier molecular flexibility index (Phi) is 8.77. The third-order valence-corrected chi connectivity index (χ3v) is 11.9. The number of hydrogen-bond donors (Lipinski definition) is 3. The van der Waals surface area contributed by atoms with Crippen molar-refractivity contribution in [1.82, 2.24) is 4.90 Å². The molecule has 0 radical (unpaired) electrons. The van der Waals surface area contributed by atoms with Crippen LogP contribution in [-0.2, 0) is 14.9 Å². The molecule has 0 amide bonds. The number of hydrogen-bond acceptors (Lipinski definition) is 8. The highest BCUT2D eigenvalue weighted by molar-refractivity contribution is 7.85. The Morgan fingerprint density at radius 2 is 1.67 bits per heavy atom. The Labute approximate surface area is 293 Å². The molecular weight excluding hydrogens is 642 g/mol. The Balaban J connectivity index is 0.000000258. The van der Waals surface area contributed by atoms with E-state index in [1.807, 2.05) is 38.1 Å². The van der Waals surface area contributed by atoms with Gasteiger partial charge in [0.2, 0.25) is 0 Å². The Morgan fingerprint density at radius 3 is 2.29 bits per heavy atom. The van der Waals surface area contributed by atoms with Crippen LogP contribution in [0, 0.1) is 16.7 Å². The van der Waals surface area contributed by atoms with Crippen LogP contribution in [0.5, 0.6) is 23.0 Å². The van der Waals surface area contributed by atoms with Crippen LogP contribution in [0.2, 0.25) is 0 Å². The van der Waals surface area contributed by atoms with Gasteiger partial charge in [0.15, 0.2) is 0 Å². The number of fused-ring (bicyclic) bond motifs is 3. The molecule has 2 saturated carbocycles. The van der Waals surface area contributed by atoms with Gasteiger partial charge in [-0.1, -0.05) is 44.5 Å². The summed E-state index contributed by atoms with van der Waals surface area (Å²) < 4.78 is 68.4. The SMILES string of the molecule is CC1(C)[C@@H]2CC[C@@]1(CS(=O)(=O)O)C(=O)C2.[2H]C([2H])([2H])C1=C(c2ccc(O)cc2)[C@H](c2ccc(OCCN3CCCCC3)cc2)Oc2cc(O)ccc21. The van der Waals surface area contributed by atoms with E-state index in [4.69, 9.17) is 18.1 Å². The largest absolute Gasteiger partial charge is 0.508 e. The molecule has 2 heterocycles. The number of allylic oxidation sites excluding steroid dienone is 1. The average Bonchev–Trinajstić information content (AvgIpc) is 3.42. The summed E-state index contributed by atoms with van der Waals surface area (Å²) in [6.45, 7) is 5.18. The molecule has 3 atom stereocenters. The highest BCUT2D eigenvalue weighted by atomic mass is 32.2. The molecule has 1 saturated heterocycles. The van der Waals surface area contributed by atoms with E-state index in [2.05, 4.69) is 4.90 Å². The molecule has 2 aliphatic carbocycles. The van der Waals surface area contributed by atoms with Crippen LogP contribution in [0.4, 0.5) is 0 Å². The lowest BCUT2D eigenvalue weighted by Gasteiger charge is -2.35. The molecule has 262 valence electrons. The average molecular weight is 693 g/mol. The maximum Gasteiger partial charge on any atom is 0.265 e. The van der Waals surface area contributed by atoms with Gasteiger partial charge in [0.25, 0.3) is 10.1 Å². The summed E-state index contributed by atoms with van der Waals surface area (Å²) in [6, 6.07) is 18.4. The van der Waals surface area contributed by atoms with Crippen molar-refractivity contribution >= 4 is 27.0 Å². The summed E-state index contributed by atoms with van der Waals surface area (Å²) in [5.74, 6) is 1.02. The number of piperidine rings is 1. The highest BCUT2D eigenvalue weighted by Gasteiger charge is 2.65. The van der Waals surface area contributed by atoms with Gasteiger partial charge in [-0.3, -0.25) is 14.2 Å². The van der Waals surface area contributed by atoms with Crippen molar-refractivity contribution in [3.63, 3.8) is 0 Å². The van der Waals surface area contributed by atoms with Crippen molar-refractivity contribution in [1.29, 1.82) is 0 Å². The van der Waals surface area contributed by atoms with Gasteiger partial charge in [0.05, 0.1) is 11.2 Å². The summed E-state index contributed by atoms with van der Waals surface area (Å²) in [7, 11) is -4.08. The topological polar surface area (TPSA) is 134 Å². The number of likely N-dealkylation sites (tertiary alicyclic amines) is 1. The zero-order valence-electron chi connectivity index (χ0n) is 31.0. The number of nitrogens with zero attached hydrogens (tertiary/aromatic N) is 1. The minimum atomic E-state index is -4.08. The van der Waals surface area contributed by atoms with Crippen LogP contribution in [0.15, 0.2) is 66.7 Å². The van der Waals surface area contributed by atoms with Gasteiger partial charge in [-0.2, -0.15) is 8.42 Å². The molecule has 9 nitrogen and oxygen atoms in total. The lowest BCUT2D eigenvalue weighted by Crippen LogP contribution is -2.42. The quantitative estimate of drug-likeness (QED) is 0.208. The van der Waals surface area contributed by atoms with Crippen LogP contribution in [-0.4, -0.2) is 65.9 Å². The van der Waals surface area contributed by atoms with E-state index >= 15 is 0 Å². The first kappa shape index (κ1) is 31.1. The molecule has 0 unspecified atom stereocenters. The highest BCUT2D eigenvalue weighted by Crippen LogP contribution is 2.64. The molecule has 4 aliphatic rings. The molecular formula is C39H47NO8S. The second-order valence-corrected chi connectivity index (χ2v) is 15.7. The number of ketones is 1. The van der Waals surface area contributed by atoms with Crippen molar-refractivity contribution in [2.45, 2.75) is 65.3 Å². The number of carbonyl (C=O) groups excluding carboxylic acids is 1. The smallest absolute Gasteiger partial charge is 0.265 e. The van der Waals surface area contributed by atoms with Gasteiger partial charge in [0.1, 0.15) is 41.5 Å². The number of aromatic hydroxyl groups is 2. The molecule has 7 rings (SSSR count). The van der Waals surface area contributed by atoms with Crippen molar-refractivity contribution in [2.24, 2.45) is 16.7 Å². The number of carbonyl (C=O) groups is 1. The van der Waals surface area contributed by atoms with Crippen LogP contribution < -0.4 is 9.47 Å². The molecule has 2 bridgehead atoms. The van der Waals surface area contributed by atoms with Gasteiger partial charge in [-0.25, -0.2) is 0 Å². The van der Waals surface area contributed by atoms with Crippen LogP contribution in [0.25, 0.3) is 11.1 Å². The lowest BCUT2D eigenvalue weighted by molar-refractivity contribution is -0.128. The van der Waals surface area contributed by atoms with Gasteiger partial charge >= 0.3 is 0 Å². The van der Waals surface area contributed by atoms with Gasteiger partial charge in [-0.15, -0.1) is 0 Å². The molecule has 2 aliphatic heterocycles. The van der Waals surface area contributed by atoms with E-state index in [1.54, 1.807) is 18.2 Å². The zero-order valence-corrected chi connectivity index (χ0v) is 28.8. The molecule has 49 heavy (non-hydrogen) atoms. The first-order valence-electron chi connectivity index (χ1n) is 18.5. The number of phenolic OH excluding ortho intramolecular Hbond substituents is 2. The van der Waals surface area contributed by atoms with Gasteiger partial charge in [-0.05, 0) is 110 Å². The molecule has 10 heteroatoms. The Bertz CT molecular complexity index is 1920. The Morgan fingerprint density at radius 1 is 0.980 bits per heavy atom. The van der Waals surface area contributed by atoms with Gasteiger partial charge in [0, 0.05) is 34.3 Å². The molecule has 0 aromatic heterocycles. The minimum absolute atomic E-state index is 0.00655. The summed E-state index contributed by atoms with van der Waals surface area (Å²) >= 11 is 0. The van der Waals surface area contributed by atoms with Crippen LogP contribution in [0.3, 0.4) is 0 Å². The Hall–Kier alpha value is -3.86. The fourth-order valence-corrected chi connectivity index (χ4v) is 9.38. The summed E-state index contributed by atoms with van der Waals surface area (Å²) in [5.41, 5.74) is 1.33. The molecule has 0 spiro atoms. The standard InChI is InChI=1S/C29H31NO4.C10H16O4S/c1-20-26-14-11-24(32)19-27(26)34-29(28(20)21-5-9-23(31)10-6-21)22-7-12-25(13-8-22)33-18-17-30-15-3-2-4-16-30;1-9(2)7-3-4-10(9,8(11)5-7)6-15(12,13)14/h5-14,19,29,31-32H,2-4,15-18H2,1H3;7H,3-6H2,1-2H3,(H,12,13,14)/t29-;7-,10-/m01/s1/i1D3;. The van der Waals surface area contributed by atoms with Crippen molar-refractivity contribution in [2.75, 3.05) is 32.0 Å². The predicted octanol–water partition coefficient (Wildman–Crippen LogP) is 7.30. The normalized spacial score (nSPS) is 25.7. The number of Topliss-reactive ketones (excluding diaryl/α,β-unsaturated/α-hetero) is 1. The van der Waals surface area contributed by atoms with E-state index in [0.29, 0.717) is 41.9 Å². The fraction of sp³-hybridized carbons (Fsp3) is 0.462. The van der Waals surface area contributed by atoms with E-state index in [1.165, 1.54) is 43.5 Å².